The van der Waals surface area contributed by atoms with Crippen molar-refractivity contribution in [2.24, 2.45) is 5.92 Å². The average Bonchev–Trinajstić information content (AvgIpc) is 2.91. The van der Waals surface area contributed by atoms with Crippen molar-refractivity contribution in [2.75, 3.05) is 13.1 Å². The molecule has 0 fully saturated rings. The van der Waals surface area contributed by atoms with Gasteiger partial charge in [0.1, 0.15) is 0 Å². The molecule has 1 atom stereocenters. The zero-order chi connectivity index (χ0) is 14.4. The predicted octanol–water partition coefficient (Wildman–Crippen LogP) is 4.61. The number of rotatable bonds is 7. The van der Waals surface area contributed by atoms with Gasteiger partial charge in [0.05, 0.1) is 12.5 Å². The maximum absolute atomic E-state index is 5.19. The summed E-state index contributed by atoms with van der Waals surface area (Å²) in [4.78, 5) is 0. The highest BCUT2D eigenvalue weighted by Crippen LogP contribution is 2.22. The minimum Gasteiger partial charge on any atom is -0.472 e. The Balaban J connectivity index is 2.04. The van der Waals surface area contributed by atoms with E-state index in [1.54, 1.807) is 6.26 Å². The normalized spacial score (nSPS) is 12.8. The second-order valence-electron chi connectivity index (χ2n) is 5.64. The number of hydrogen-bond acceptors (Lipinski definition) is 2. The highest BCUT2D eigenvalue weighted by atomic mass is 79.9. The molecule has 0 aliphatic carbocycles. The highest BCUT2D eigenvalue weighted by molar-refractivity contribution is 9.10. The largest absolute Gasteiger partial charge is 0.472 e. The highest BCUT2D eigenvalue weighted by Gasteiger charge is 2.13. The second-order valence-corrected chi connectivity index (χ2v) is 6.55. The van der Waals surface area contributed by atoms with Gasteiger partial charge in [0.25, 0.3) is 0 Å². The van der Waals surface area contributed by atoms with Crippen LogP contribution in [0.25, 0.3) is 0 Å². The first-order valence-electron chi connectivity index (χ1n) is 7.12. The van der Waals surface area contributed by atoms with Crippen LogP contribution in [0.3, 0.4) is 0 Å². The molecule has 108 valence electrons. The summed E-state index contributed by atoms with van der Waals surface area (Å²) in [7, 11) is 0. The first kappa shape index (κ1) is 15.3. The van der Waals surface area contributed by atoms with Crippen molar-refractivity contribution in [3.05, 3.63) is 58.5 Å². The Labute approximate surface area is 129 Å². The summed E-state index contributed by atoms with van der Waals surface area (Å²) in [5, 5.41) is 3.57. The van der Waals surface area contributed by atoms with E-state index in [-0.39, 0.29) is 0 Å². The molecule has 0 amide bonds. The van der Waals surface area contributed by atoms with E-state index in [9.17, 15) is 0 Å². The van der Waals surface area contributed by atoms with E-state index in [1.165, 1.54) is 11.1 Å². The summed E-state index contributed by atoms with van der Waals surface area (Å²) in [5.41, 5.74) is 2.62. The van der Waals surface area contributed by atoms with Gasteiger partial charge in [-0.25, -0.2) is 0 Å². The Bertz CT molecular complexity index is 490. The molecular formula is C17H22BrNO. The molecule has 0 saturated carbocycles. The van der Waals surface area contributed by atoms with Gasteiger partial charge in [0, 0.05) is 16.9 Å². The molecule has 2 aromatic rings. The van der Waals surface area contributed by atoms with E-state index in [2.05, 4.69) is 59.4 Å². The quantitative estimate of drug-likeness (QED) is 0.798. The van der Waals surface area contributed by atoms with Crippen LogP contribution in [-0.4, -0.2) is 13.1 Å². The minimum atomic E-state index is 0.472. The van der Waals surface area contributed by atoms with Gasteiger partial charge in [0.2, 0.25) is 0 Å². The molecule has 1 unspecified atom stereocenters. The molecule has 0 saturated heterocycles. The molecule has 1 aromatic heterocycles. The molecule has 0 bridgehead atoms. The molecule has 0 aliphatic rings. The van der Waals surface area contributed by atoms with Gasteiger partial charge in [-0.15, -0.1) is 0 Å². The Morgan fingerprint density at radius 3 is 2.45 bits per heavy atom. The zero-order valence-electron chi connectivity index (χ0n) is 12.1. The number of nitrogens with one attached hydrogen (secondary N) is 1. The molecule has 1 N–H and O–H groups in total. The summed E-state index contributed by atoms with van der Waals surface area (Å²) >= 11 is 3.50. The summed E-state index contributed by atoms with van der Waals surface area (Å²) in [5.74, 6) is 1.15. The Morgan fingerprint density at radius 2 is 1.85 bits per heavy atom. The van der Waals surface area contributed by atoms with E-state index in [0.717, 1.165) is 24.0 Å². The van der Waals surface area contributed by atoms with E-state index in [1.807, 2.05) is 12.3 Å². The van der Waals surface area contributed by atoms with Crippen LogP contribution in [0.4, 0.5) is 0 Å². The van der Waals surface area contributed by atoms with Crippen LogP contribution < -0.4 is 5.32 Å². The van der Waals surface area contributed by atoms with Crippen molar-refractivity contribution in [1.82, 2.24) is 5.32 Å². The van der Waals surface area contributed by atoms with Crippen molar-refractivity contribution in [3.63, 3.8) is 0 Å². The van der Waals surface area contributed by atoms with Crippen molar-refractivity contribution in [2.45, 2.75) is 26.2 Å². The summed E-state index contributed by atoms with van der Waals surface area (Å²) in [6, 6.07) is 10.7. The van der Waals surface area contributed by atoms with Gasteiger partial charge in [-0.3, -0.25) is 0 Å². The fourth-order valence-corrected chi connectivity index (χ4v) is 2.55. The third kappa shape index (κ3) is 4.80. The second kappa shape index (κ2) is 7.65. The lowest BCUT2D eigenvalue weighted by Crippen LogP contribution is -2.26. The third-order valence-corrected chi connectivity index (χ3v) is 3.88. The van der Waals surface area contributed by atoms with Gasteiger partial charge in [-0.1, -0.05) is 41.9 Å². The van der Waals surface area contributed by atoms with Gasteiger partial charge >= 0.3 is 0 Å². The van der Waals surface area contributed by atoms with Crippen LogP contribution >= 0.6 is 15.9 Å². The van der Waals surface area contributed by atoms with Crippen LogP contribution in [0.1, 0.15) is 30.9 Å². The topological polar surface area (TPSA) is 25.2 Å². The lowest BCUT2D eigenvalue weighted by atomic mass is 9.93. The number of benzene rings is 1. The number of halogens is 1. The van der Waals surface area contributed by atoms with Gasteiger partial charge in [-0.05, 0) is 48.2 Å². The minimum absolute atomic E-state index is 0.472. The van der Waals surface area contributed by atoms with Crippen LogP contribution in [0, 0.1) is 5.92 Å². The SMILES string of the molecule is CC(C)CNCC(Cc1ccoc1)c1ccc(Br)cc1. The molecule has 0 radical (unpaired) electrons. The standard InChI is InChI=1S/C17H22BrNO/c1-13(2)10-19-11-16(9-14-7-8-20-12-14)15-3-5-17(18)6-4-15/h3-8,12-13,16,19H,9-11H2,1-2H3. The Kier molecular flexibility index (Phi) is 5.86. The Morgan fingerprint density at radius 1 is 1.10 bits per heavy atom. The first-order chi connectivity index (χ1) is 9.65. The molecule has 3 heteroatoms. The van der Waals surface area contributed by atoms with Gasteiger partial charge in [0.15, 0.2) is 0 Å². The molecule has 2 nitrogen and oxygen atoms in total. The fourth-order valence-electron chi connectivity index (χ4n) is 2.28. The monoisotopic (exact) mass is 335 g/mol. The van der Waals surface area contributed by atoms with Crippen LogP contribution in [0.5, 0.6) is 0 Å². The maximum atomic E-state index is 5.19. The average molecular weight is 336 g/mol. The lowest BCUT2D eigenvalue weighted by molar-refractivity contribution is 0.511. The first-order valence-corrected chi connectivity index (χ1v) is 7.91. The molecule has 20 heavy (non-hydrogen) atoms. The summed E-state index contributed by atoms with van der Waals surface area (Å²) in [6.07, 6.45) is 4.59. The number of hydrogen-bond donors (Lipinski definition) is 1. The van der Waals surface area contributed by atoms with Gasteiger partial charge < -0.3 is 9.73 Å². The van der Waals surface area contributed by atoms with Crippen molar-refractivity contribution in [3.8, 4) is 0 Å². The maximum Gasteiger partial charge on any atom is 0.0934 e. The van der Waals surface area contributed by atoms with Crippen LogP contribution in [0.2, 0.25) is 0 Å². The van der Waals surface area contributed by atoms with Crippen molar-refractivity contribution in [1.29, 1.82) is 0 Å². The summed E-state index contributed by atoms with van der Waals surface area (Å²) < 4.78 is 6.31. The zero-order valence-corrected chi connectivity index (χ0v) is 13.7. The number of furan rings is 1. The van der Waals surface area contributed by atoms with E-state index >= 15 is 0 Å². The third-order valence-electron chi connectivity index (χ3n) is 3.35. The smallest absolute Gasteiger partial charge is 0.0934 e. The van der Waals surface area contributed by atoms with Crippen molar-refractivity contribution < 1.29 is 4.42 Å². The van der Waals surface area contributed by atoms with Crippen LogP contribution in [-0.2, 0) is 6.42 Å². The van der Waals surface area contributed by atoms with Crippen molar-refractivity contribution >= 4 is 15.9 Å². The van der Waals surface area contributed by atoms with E-state index in [4.69, 9.17) is 4.42 Å². The van der Waals surface area contributed by atoms with Crippen LogP contribution in [0.15, 0.2) is 51.7 Å². The Hall–Kier alpha value is -1.06. The molecular weight excluding hydrogens is 314 g/mol. The molecule has 0 aliphatic heterocycles. The lowest BCUT2D eigenvalue weighted by Gasteiger charge is -2.18. The van der Waals surface area contributed by atoms with Gasteiger partial charge in [-0.2, -0.15) is 0 Å². The van der Waals surface area contributed by atoms with E-state index in [0.29, 0.717) is 11.8 Å². The fraction of sp³-hybridized carbons (Fsp3) is 0.412. The molecule has 2 rings (SSSR count). The summed E-state index contributed by atoms with van der Waals surface area (Å²) in [6.45, 7) is 6.51. The molecule has 1 heterocycles. The molecule has 1 aromatic carbocycles. The van der Waals surface area contributed by atoms with E-state index < -0.39 is 0 Å². The predicted molar refractivity (Wildman–Crippen MR) is 87.0 cm³/mol. The molecule has 0 spiro atoms.